The van der Waals surface area contributed by atoms with E-state index in [4.69, 9.17) is 0 Å². The van der Waals surface area contributed by atoms with Gasteiger partial charge in [-0.2, -0.15) is 0 Å². The minimum Gasteiger partial charge on any atom is -0.273 e. The van der Waals surface area contributed by atoms with E-state index in [1.54, 1.807) is 6.07 Å². The van der Waals surface area contributed by atoms with E-state index in [2.05, 4.69) is 31.9 Å². The van der Waals surface area contributed by atoms with Crippen LogP contribution in [0, 0.1) is 5.82 Å². The Bertz CT molecular complexity index is 828. The van der Waals surface area contributed by atoms with Crippen molar-refractivity contribution in [3.8, 4) is 0 Å². The molecule has 2 N–H and O–H groups in total. The van der Waals surface area contributed by atoms with Crippen molar-refractivity contribution >= 4 is 47.8 Å². The topological polar surface area (TPSA) is 75.3 Å². The molecule has 0 saturated carbocycles. The normalized spacial score (nSPS) is 11.2. The molecule has 0 aliphatic rings. The van der Waals surface area contributed by atoms with E-state index in [1.807, 2.05) is 10.3 Å². The summed E-state index contributed by atoms with van der Waals surface area (Å²) in [4.78, 5) is 13.6. The van der Waals surface area contributed by atoms with Gasteiger partial charge in [-0.15, -0.1) is 4.83 Å². The number of halogens is 3. The highest BCUT2D eigenvalue weighted by atomic mass is 79.9. The van der Waals surface area contributed by atoms with E-state index in [0.29, 0.717) is 8.95 Å². The van der Waals surface area contributed by atoms with Gasteiger partial charge in [0.15, 0.2) is 0 Å². The van der Waals surface area contributed by atoms with Crippen molar-refractivity contribution in [1.29, 1.82) is 0 Å². The maximum atomic E-state index is 13.4. The van der Waals surface area contributed by atoms with Crippen LogP contribution in [0.1, 0.15) is 10.4 Å². The average molecular weight is 452 g/mol. The molecule has 0 aliphatic heterocycles. The molecule has 0 spiro atoms. The Hall–Kier alpha value is -1.29. The highest BCUT2D eigenvalue weighted by molar-refractivity contribution is 9.11. The molecule has 1 amide bonds. The first-order valence-electron chi connectivity index (χ1n) is 5.83. The summed E-state index contributed by atoms with van der Waals surface area (Å²) < 4.78 is 38.6. The zero-order valence-corrected chi connectivity index (χ0v) is 14.8. The second kappa shape index (κ2) is 6.86. The molecule has 116 valence electrons. The molecular formula is C13H9Br2FN2O3S. The first-order valence-corrected chi connectivity index (χ1v) is 8.90. The Kier molecular flexibility index (Phi) is 5.32. The highest BCUT2D eigenvalue weighted by Crippen LogP contribution is 2.25. The average Bonchev–Trinajstić information content (AvgIpc) is 2.48. The van der Waals surface area contributed by atoms with Gasteiger partial charge in [0.1, 0.15) is 5.82 Å². The van der Waals surface area contributed by atoms with Crippen molar-refractivity contribution in [2.75, 3.05) is 0 Å². The van der Waals surface area contributed by atoms with E-state index in [1.165, 1.54) is 30.3 Å². The molecule has 0 aromatic heterocycles. The lowest BCUT2D eigenvalue weighted by molar-refractivity contribution is 0.0941. The fraction of sp³-hybridized carbons (Fsp3) is 0. The summed E-state index contributed by atoms with van der Waals surface area (Å²) in [6, 6.07) is 9.80. The predicted molar refractivity (Wildman–Crippen MR) is 86.0 cm³/mol. The number of amides is 1. The molecule has 2 rings (SSSR count). The number of sulfonamides is 1. The lowest BCUT2D eigenvalue weighted by Crippen LogP contribution is -2.41. The number of rotatable bonds is 4. The second-order valence-corrected chi connectivity index (χ2v) is 7.54. The van der Waals surface area contributed by atoms with E-state index in [0.717, 1.165) is 6.07 Å². The lowest BCUT2D eigenvalue weighted by atomic mass is 10.2. The Morgan fingerprint density at radius 2 is 1.77 bits per heavy atom. The number of hydrazine groups is 1. The van der Waals surface area contributed by atoms with Crippen LogP contribution in [0.5, 0.6) is 0 Å². The summed E-state index contributed by atoms with van der Waals surface area (Å²) in [6.45, 7) is 0. The van der Waals surface area contributed by atoms with Crippen molar-refractivity contribution in [3.63, 3.8) is 0 Å². The summed E-state index contributed by atoms with van der Waals surface area (Å²) in [5.41, 5.74) is 1.71. The van der Waals surface area contributed by atoms with Crippen molar-refractivity contribution in [1.82, 2.24) is 10.3 Å². The van der Waals surface area contributed by atoms with Crippen LogP contribution in [0.3, 0.4) is 0 Å². The van der Waals surface area contributed by atoms with E-state index in [-0.39, 0.29) is 10.5 Å². The molecule has 22 heavy (non-hydrogen) atoms. The summed E-state index contributed by atoms with van der Waals surface area (Å²) in [7, 11) is -4.01. The molecule has 2 aromatic carbocycles. The van der Waals surface area contributed by atoms with Crippen molar-refractivity contribution in [2.24, 2.45) is 0 Å². The zero-order valence-electron chi connectivity index (χ0n) is 10.8. The lowest BCUT2D eigenvalue weighted by Gasteiger charge is -2.10. The van der Waals surface area contributed by atoms with Crippen LogP contribution in [0.4, 0.5) is 4.39 Å². The molecule has 9 heteroatoms. The number of carbonyl (C=O) groups is 1. The minimum atomic E-state index is -4.01. The largest absolute Gasteiger partial charge is 0.273 e. The standard InChI is InChI=1S/C13H9Br2FN2O3S/c14-8-5-6-10(15)12(7-8)22(20,21)18-17-13(19)9-3-1-2-4-11(9)16/h1-7,18H,(H,17,19). The molecule has 0 saturated heterocycles. The van der Waals surface area contributed by atoms with Gasteiger partial charge in [0.25, 0.3) is 15.9 Å². The van der Waals surface area contributed by atoms with E-state index in [9.17, 15) is 17.6 Å². The SMILES string of the molecule is O=C(NNS(=O)(=O)c1cc(Br)ccc1Br)c1ccccc1F. The summed E-state index contributed by atoms with van der Waals surface area (Å²) in [5, 5.41) is 0. The maximum absolute atomic E-state index is 13.4. The molecule has 0 unspecified atom stereocenters. The molecule has 0 atom stereocenters. The van der Waals surface area contributed by atoms with Gasteiger partial charge in [0, 0.05) is 8.95 Å². The van der Waals surface area contributed by atoms with Crippen LogP contribution in [0.15, 0.2) is 56.3 Å². The smallest absolute Gasteiger partial charge is 0.269 e. The Morgan fingerprint density at radius 3 is 2.45 bits per heavy atom. The fourth-order valence-electron chi connectivity index (χ4n) is 1.56. The van der Waals surface area contributed by atoms with Crippen LogP contribution in [-0.2, 0) is 10.0 Å². The zero-order chi connectivity index (χ0) is 16.3. The van der Waals surface area contributed by atoms with Gasteiger partial charge in [0.05, 0.1) is 10.5 Å². The number of carbonyl (C=O) groups excluding carboxylic acids is 1. The Morgan fingerprint density at radius 1 is 1.09 bits per heavy atom. The van der Waals surface area contributed by atoms with Crippen LogP contribution in [0.2, 0.25) is 0 Å². The highest BCUT2D eigenvalue weighted by Gasteiger charge is 2.20. The fourth-order valence-corrected chi connectivity index (χ4v) is 3.91. The van der Waals surface area contributed by atoms with Gasteiger partial charge < -0.3 is 0 Å². The van der Waals surface area contributed by atoms with E-state index < -0.39 is 21.7 Å². The van der Waals surface area contributed by atoms with Gasteiger partial charge in [-0.3, -0.25) is 10.2 Å². The summed E-state index contributed by atoms with van der Waals surface area (Å²) in [6.07, 6.45) is 0. The van der Waals surface area contributed by atoms with Gasteiger partial charge in [-0.25, -0.2) is 12.8 Å². The van der Waals surface area contributed by atoms with Crippen LogP contribution >= 0.6 is 31.9 Å². The molecule has 0 bridgehead atoms. The van der Waals surface area contributed by atoms with E-state index >= 15 is 0 Å². The molecule has 0 fully saturated rings. The number of nitrogens with one attached hydrogen (secondary N) is 2. The predicted octanol–water partition coefficient (Wildman–Crippen LogP) is 2.97. The minimum absolute atomic E-state index is 0.0734. The third-order valence-electron chi connectivity index (χ3n) is 2.60. The van der Waals surface area contributed by atoms with Gasteiger partial charge in [-0.1, -0.05) is 28.1 Å². The first kappa shape index (κ1) is 17.1. The third-order valence-corrected chi connectivity index (χ3v) is 5.33. The summed E-state index contributed by atoms with van der Waals surface area (Å²) >= 11 is 6.28. The maximum Gasteiger partial charge on any atom is 0.269 e. The number of benzene rings is 2. The molecule has 0 radical (unpaired) electrons. The quantitative estimate of drug-likeness (QED) is 0.701. The van der Waals surface area contributed by atoms with Crippen LogP contribution in [-0.4, -0.2) is 14.3 Å². The Labute approximate surface area is 143 Å². The number of hydrogen-bond acceptors (Lipinski definition) is 3. The van der Waals surface area contributed by atoms with Gasteiger partial charge >= 0.3 is 0 Å². The molecular weight excluding hydrogens is 443 g/mol. The second-order valence-electron chi connectivity index (χ2n) is 4.11. The van der Waals surface area contributed by atoms with Crippen molar-refractivity contribution < 1.29 is 17.6 Å². The van der Waals surface area contributed by atoms with Crippen LogP contribution < -0.4 is 10.3 Å². The number of hydrogen-bond donors (Lipinski definition) is 2. The monoisotopic (exact) mass is 450 g/mol. The molecule has 0 heterocycles. The van der Waals surface area contributed by atoms with Gasteiger partial charge in [-0.05, 0) is 46.3 Å². The molecule has 0 aliphatic carbocycles. The third kappa shape index (κ3) is 3.92. The van der Waals surface area contributed by atoms with Crippen LogP contribution in [0.25, 0.3) is 0 Å². The molecule has 2 aromatic rings. The Balaban J connectivity index is 2.18. The first-order chi connectivity index (χ1) is 10.3. The molecule has 5 nitrogen and oxygen atoms in total. The van der Waals surface area contributed by atoms with Gasteiger partial charge in [0.2, 0.25) is 0 Å². The van der Waals surface area contributed by atoms with Crippen molar-refractivity contribution in [2.45, 2.75) is 4.90 Å². The van der Waals surface area contributed by atoms with Crippen molar-refractivity contribution in [3.05, 3.63) is 62.8 Å². The summed E-state index contributed by atoms with van der Waals surface area (Å²) in [5.74, 6) is -1.64.